The molecule has 0 aliphatic heterocycles. The van der Waals surface area contributed by atoms with Crippen LogP contribution < -0.4 is 5.19 Å². The fourth-order valence-corrected chi connectivity index (χ4v) is 9.31. The van der Waals surface area contributed by atoms with Crippen LogP contribution in [0.2, 0.25) is 17.6 Å². The van der Waals surface area contributed by atoms with E-state index in [0.717, 1.165) is 29.3 Å². The van der Waals surface area contributed by atoms with Crippen molar-refractivity contribution in [3.05, 3.63) is 23.8 Å². The number of hydrogen-bond donors (Lipinski definition) is 1. The average Bonchev–Trinajstić information content (AvgIpc) is 2.39. The molecule has 5 heteroatoms. The third kappa shape index (κ3) is 3.15. The Bertz CT molecular complexity index is 560. The van der Waals surface area contributed by atoms with Crippen molar-refractivity contribution in [3.63, 3.8) is 0 Å². The van der Waals surface area contributed by atoms with E-state index in [1.807, 2.05) is 6.07 Å². The van der Waals surface area contributed by atoms with Gasteiger partial charge in [0.2, 0.25) is 0 Å². The maximum Gasteiger partial charge on any atom is 0.294 e. The van der Waals surface area contributed by atoms with Crippen LogP contribution in [0.15, 0.2) is 23.1 Å². The Balaban J connectivity index is 3.70. The zero-order valence-corrected chi connectivity index (χ0v) is 14.9. The smallest absolute Gasteiger partial charge is 0.282 e. The van der Waals surface area contributed by atoms with E-state index in [1.54, 1.807) is 12.1 Å². The number of aryl methyl sites for hydroxylation is 1. The van der Waals surface area contributed by atoms with E-state index in [2.05, 4.69) is 34.6 Å². The Morgan fingerprint density at radius 1 is 1.15 bits per heavy atom. The van der Waals surface area contributed by atoms with Crippen LogP contribution in [0.25, 0.3) is 0 Å². The highest BCUT2D eigenvalue weighted by molar-refractivity contribution is 7.86. The van der Waals surface area contributed by atoms with E-state index in [9.17, 15) is 13.0 Å². The molecule has 114 valence electrons. The molecule has 0 aliphatic rings. The number of hydrogen-bond acceptors (Lipinski definition) is 2. The molecule has 0 amide bonds. The van der Waals surface area contributed by atoms with Gasteiger partial charge in [-0.05, 0) is 28.8 Å². The first-order chi connectivity index (χ1) is 9.22. The molecule has 0 bridgehead atoms. The third-order valence-corrected chi connectivity index (χ3v) is 11.9. The van der Waals surface area contributed by atoms with Crippen molar-refractivity contribution in [1.82, 2.24) is 0 Å². The van der Waals surface area contributed by atoms with Gasteiger partial charge in [0.15, 0.2) is 0 Å². The fraction of sp³-hybridized carbons (Fsp3) is 0.600. The summed E-state index contributed by atoms with van der Waals surface area (Å²) >= 11 is 0. The normalized spacial score (nSPS) is 12.9. The van der Waals surface area contributed by atoms with Gasteiger partial charge in [-0.3, -0.25) is 4.55 Å². The molecule has 1 rings (SSSR count). The van der Waals surface area contributed by atoms with E-state index < -0.39 is 18.2 Å². The zero-order chi connectivity index (χ0) is 15.6. The fourth-order valence-electron chi connectivity index (χ4n) is 3.17. The van der Waals surface area contributed by atoms with Crippen molar-refractivity contribution in [3.8, 4) is 0 Å². The van der Waals surface area contributed by atoms with E-state index in [0.29, 0.717) is 5.54 Å². The van der Waals surface area contributed by atoms with Gasteiger partial charge >= 0.3 is 0 Å². The Morgan fingerprint density at radius 3 is 2.05 bits per heavy atom. The van der Waals surface area contributed by atoms with E-state index in [4.69, 9.17) is 0 Å². The maximum absolute atomic E-state index is 11.7. The largest absolute Gasteiger partial charge is 0.294 e. The van der Waals surface area contributed by atoms with Gasteiger partial charge in [-0.2, -0.15) is 8.42 Å². The minimum absolute atomic E-state index is 0.124. The van der Waals surface area contributed by atoms with E-state index in [-0.39, 0.29) is 4.90 Å². The first-order valence-corrected chi connectivity index (χ1v) is 11.3. The molecule has 0 saturated heterocycles. The highest BCUT2D eigenvalue weighted by Crippen LogP contribution is 2.31. The van der Waals surface area contributed by atoms with Gasteiger partial charge in [0.1, 0.15) is 0 Å². The summed E-state index contributed by atoms with van der Waals surface area (Å²) in [5.41, 5.74) is 1.57. The van der Waals surface area contributed by atoms with E-state index >= 15 is 0 Å². The molecule has 1 aromatic rings. The molecule has 0 spiro atoms. The summed E-state index contributed by atoms with van der Waals surface area (Å²) < 4.78 is 33.0. The molecule has 0 aromatic heterocycles. The van der Waals surface area contributed by atoms with Crippen molar-refractivity contribution >= 4 is 23.4 Å². The summed E-state index contributed by atoms with van der Waals surface area (Å²) in [4.78, 5) is 0.124. The molecule has 1 N–H and O–H groups in total. The van der Waals surface area contributed by atoms with Crippen molar-refractivity contribution in [2.24, 2.45) is 0 Å². The summed E-state index contributed by atoms with van der Waals surface area (Å²) in [5.74, 6) is 0. The quantitative estimate of drug-likeness (QED) is 0.645. The maximum atomic E-state index is 11.7. The van der Waals surface area contributed by atoms with Gasteiger partial charge in [-0.25, -0.2) is 0 Å². The molecule has 0 atom stereocenters. The highest BCUT2D eigenvalue weighted by atomic mass is 32.2. The molecule has 0 unspecified atom stereocenters. The second-order valence-corrected chi connectivity index (χ2v) is 12.5. The van der Waals surface area contributed by atoms with Crippen LogP contribution >= 0.6 is 0 Å². The molecule has 0 fully saturated rings. The molecule has 1 aromatic carbocycles. The second-order valence-electron chi connectivity index (χ2n) is 5.68. The molecule has 0 heterocycles. The summed E-state index contributed by atoms with van der Waals surface area (Å²) in [6.07, 6.45) is 0.870. The van der Waals surface area contributed by atoms with Crippen molar-refractivity contribution in [1.29, 1.82) is 0 Å². The molecule has 0 radical (unpaired) electrons. The van der Waals surface area contributed by atoms with Gasteiger partial charge in [-0.1, -0.05) is 58.8 Å². The highest BCUT2D eigenvalue weighted by Gasteiger charge is 2.38. The summed E-state index contributed by atoms with van der Waals surface area (Å²) in [7, 11) is -6.10. The standard InChI is InChI=1S/C15H26O3SSi/c1-6-13-9-10-14(19(16,17)18)15(11-13)20(7-2,8-3)12(4)5/h9-12H,6-8H2,1-5H3,(H,16,17,18). The summed E-state index contributed by atoms with van der Waals surface area (Å²) in [6, 6.07) is 7.37. The van der Waals surface area contributed by atoms with Crippen LogP contribution in [0.4, 0.5) is 0 Å². The van der Waals surface area contributed by atoms with Crippen LogP contribution in [-0.2, 0) is 16.5 Å². The molecule has 0 aliphatic carbocycles. The van der Waals surface area contributed by atoms with E-state index in [1.165, 1.54) is 0 Å². The zero-order valence-electron chi connectivity index (χ0n) is 13.1. The SMILES string of the molecule is CCc1ccc(S(=O)(=O)O)c([Si](CC)(CC)C(C)C)c1. The average molecular weight is 315 g/mol. The topological polar surface area (TPSA) is 54.4 Å². The van der Waals surface area contributed by atoms with Crippen LogP contribution in [0.5, 0.6) is 0 Å². The minimum Gasteiger partial charge on any atom is -0.282 e. The Hall–Kier alpha value is -0.653. The first kappa shape index (κ1) is 17.4. The number of rotatable bonds is 6. The lowest BCUT2D eigenvalue weighted by molar-refractivity contribution is 0.483. The molecular weight excluding hydrogens is 288 g/mol. The number of benzene rings is 1. The first-order valence-electron chi connectivity index (χ1n) is 7.33. The van der Waals surface area contributed by atoms with Crippen LogP contribution in [0.3, 0.4) is 0 Å². The predicted molar refractivity (Wildman–Crippen MR) is 87.1 cm³/mol. The Labute approximate surface area is 124 Å². The monoisotopic (exact) mass is 314 g/mol. The summed E-state index contributed by atoms with van der Waals surface area (Å²) in [6.45, 7) is 10.7. The van der Waals surface area contributed by atoms with Crippen molar-refractivity contribution in [2.75, 3.05) is 0 Å². The molecule has 3 nitrogen and oxygen atoms in total. The van der Waals surface area contributed by atoms with Gasteiger partial charge < -0.3 is 0 Å². The van der Waals surface area contributed by atoms with Gasteiger partial charge in [0.25, 0.3) is 10.1 Å². The lowest BCUT2D eigenvalue weighted by Crippen LogP contribution is -2.51. The van der Waals surface area contributed by atoms with Gasteiger partial charge in [0, 0.05) is 0 Å². The second kappa shape index (κ2) is 6.41. The van der Waals surface area contributed by atoms with Crippen molar-refractivity contribution < 1.29 is 13.0 Å². The Kier molecular flexibility index (Phi) is 5.58. The van der Waals surface area contributed by atoms with Crippen LogP contribution in [-0.4, -0.2) is 21.0 Å². The van der Waals surface area contributed by atoms with Crippen molar-refractivity contribution in [2.45, 2.75) is 63.6 Å². The Morgan fingerprint density at radius 2 is 1.70 bits per heavy atom. The predicted octanol–water partition coefficient (Wildman–Crippen LogP) is 3.60. The molecular formula is C15H26O3SSi. The molecule has 0 saturated carbocycles. The van der Waals surface area contributed by atoms with Crippen LogP contribution in [0.1, 0.15) is 40.2 Å². The summed E-state index contributed by atoms with van der Waals surface area (Å²) in [5, 5.41) is 0.902. The molecule has 20 heavy (non-hydrogen) atoms. The lowest BCUT2D eigenvalue weighted by Gasteiger charge is -2.35. The minimum atomic E-state index is -4.16. The van der Waals surface area contributed by atoms with Gasteiger partial charge in [-0.15, -0.1) is 0 Å². The lowest BCUT2D eigenvalue weighted by atomic mass is 10.2. The van der Waals surface area contributed by atoms with Crippen LogP contribution in [0, 0.1) is 0 Å². The van der Waals surface area contributed by atoms with Gasteiger partial charge in [0.05, 0.1) is 13.0 Å². The third-order valence-electron chi connectivity index (χ3n) is 4.63.